The highest BCUT2D eigenvalue weighted by Gasteiger charge is 2.18. The maximum atomic E-state index is 12.4. The number of aliphatic hydroxyl groups is 2. The van der Waals surface area contributed by atoms with Crippen LogP contribution in [-0.4, -0.2) is 47.4 Å². The van der Waals surface area contributed by atoms with E-state index in [1.54, 1.807) is 6.08 Å². The minimum absolute atomic E-state index is 0.00358. The molecule has 0 aromatic heterocycles. The quantitative estimate of drug-likeness (QED) is 0.0324. The van der Waals surface area contributed by atoms with Gasteiger partial charge in [-0.15, -0.1) is 0 Å². The number of hydrogen-bond acceptors (Lipinski definition) is 5. The molecule has 0 aliphatic carbocycles. The van der Waals surface area contributed by atoms with Crippen LogP contribution < -0.4 is 5.32 Å². The molecule has 0 bridgehead atoms. The van der Waals surface area contributed by atoms with Crippen LogP contribution in [-0.2, 0) is 14.3 Å². The Hall–Kier alpha value is -1.66. The molecule has 2 atom stereocenters. The molecule has 0 aliphatic heterocycles. The number of nitrogens with one attached hydrogen (secondary N) is 1. The number of aliphatic hydroxyl groups excluding tert-OH is 2. The molecule has 0 aromatic carbocycles. The molecule has 1 amide bonds. The van der Waals surface area contributed by atoms with Crippen LogP contribution in [0.25, 0.3) is 0 Å². The van der Waals surface area contributed by atoms with Gasteiger partial charge >= 0.3 is 5.97 Å². The Kier molecular flexibility index (Phi) is 44.7. The maximum Gasteiger partial charge on any atom is 0.305 e. The van der Waals surface area contributed by atoms with Crippen molar-refractivity contribution in [3.8, 4) is 0 Å². The summed E-state index contributed by atoms with van der Waals surface area (Å²) in [6, 6.07) is -0.627. The molecule has 6 heteroatoms. The second kappa shape index (κ2) is 46.0. The van der Waals surface area contributed by atoms with Crippen LogP contribution in [0.5, 0.6) is 0 Å². The fourth-order valence-corrected chi connectivity index (χ4v) is 7.38. The van der Waals surface area contributed by atoms with E-state index >= 15 is 0 Å². The summed E-state index contributed by atoms with van der Waals surface area (Å²) in [4.78, 5) is 24.3. The number of ether oxygens (including phenoxy) is 1. The van der Waals surface area contributed by atoms with Gasteiger partial charge in [-0.05, 0) is 51.4 Å². The second-order valence-corrected chi connectivity index (χ2v) is 16.8. The van der Waals surface area contributed by atoms with Crippen molar-refractivity contribution in [1.29, 1.82) is 0 Å². The van der Waals surface area contributed by atoms with Gasteiger partial charge in [-0.2, -0.15) is 0 Å². The van der Waals surface area contributed by atoms with Crippen molar-refractivity contribution in [2.24, 2.45) is 0 Å². The van der Waals surface area contributed by atoms with Crippen LogP contribution in [0.2, 0.25) is 0 Å². The zero-order valence-corrected chi connectivity index (χ0v) is 37.4. The van der Waals surface area contributed by atoms with Gasteiger partial charge in [-0.25, -0.2) is 0 Å². The number of carbonyl (C=O) groups is 2. The highest BCUT2D eigenvalue weighted by molar-refractivity contribution is 5.76. The Bertz CT molecular complexity index is 874. The molecule has 3 N–H and O–H groups in total. The minimum atomic E-state index is -0.843. The van der Waals surface area contributed by atoms with E-state index in [1.807, 2.05) is 6.08 Å². The Labute approximate surface area is 348 Å². The molecule has 0 rings (SSSR count). The molecule has 0 spiro atoms. The second-order valence-electron chi connectivity index (χ2n) is 16.8. The van der Waals surface area contributed by atoms with Crippen LogP contribution in [0.3, 0.4) is 0 Å². The van der Waals surface area contributed by atoms with E-state index < -0.39 is 12.1 Å². The van der Waals surface area contributed by atoms with Crippen LogP contribution in [0.4, 0.5) is 0 Å². The first kappa shape index (κ1) is 54.3. The van der Waals surface area contributed by atoms with Crippen LogP contribution >= 0.6 is 0 Å². The third-order valence-electron chi connectivity index (χ3n) is 11.2. The number of carbonyl (C=O) groups excluding carboxylic acids is 2. The molecule has 56 heavy (non-hydrogen) atoms. The summed E-state index contributed by atoms with van der Waals surface area (Å²) in [7, 11) is 0. The van der Waals surface area contributed by atoms with Gasteiger partial charge in [0.2, 0.25) is 5.91 Å². The van der Waals surface area contributed by atoms with Gasteiger partial charge in [0.1, 0.15) is 0 Å². The molecule has 0 saturated heterocycles. The fraction of sp³-hybridized carbons (Fsp3) is 0.880. The zero-order valence-electron chi connectivity index (χ0n) is 37.4. The fourth-order valence-electron chi connectivity index (χ4n) is 7.38. The zero-order chi connectivity index (χ0) is 40.8. The topological polar surface area (TPSA) is 95.9 Å². The lowest BCUT2D eigenvalue weighted by molar-refractivity contribution is -0.143. The van der Waals surface area contributed by atoms with Crippen LogP contribution in [0, 0.1) is 0 Å². The normalized spacial score (nSPS) is 12.9. The summed E-state index contributed by atoms with van der Waals surface area (Å²) in [6.45, 7) is 4.82. The third-order valence-corrected chi connectivity index (χ3v) is 11.2. The van der Waals surface area contributed by atoms with E-state index in [9.17, 15) is 19.8 Å². The largest absolute Gasteiger partial charge is 0.466 e. The lowest BCUT2D eigenvalue weighted by Crippen LogP contribution is -2.45. The molecular weight excluding hydrogens is 695 g/mol. The molecule has 0 aliphatic rings. The van der Waals surface area contributed by atoms with Crippen molar-refractivity contribution in [2.75, 3.05) is 13.2 Å². The summed E-state index contributed by atoms with van der Waals surface area (Å²) in [6.07, 6.45) is 53.3. The lowest BCUT2D eigenvalue weighted by atomic mass is 10.0. The number of unbranched alkanes of at least 4 members (excludes halogenated alkanes) is 32. The Morgan fingerprint density at radius 3 is 1.32 bits per heavy atom. The highest BCUT2D eigenvalue weighted by Crippen LogP contribution is 2.16. The summed E-state index contributed by atoms with van der Waals surface area (Å²) < 4.78 is 5.44. The van der Waals surface area contributed by atoms with Crippen LogP contribution in [0.1, 0.15) is 258 Å². The van der Waals surface area contributed by atoms with Gasteiger partial charge < -0.3 is 20.3 Å². The van der Waals surface area contributed by atoms with Crippen molar-refractivity contribution in [3.05, 3.63) is 24.3 Å². The molecule has 0 fully saturated rings. The van der Waals surface area contributed by atoms with Gasteiger partial charge in [0.15, 0.2) is 0 Å². The van der Waals surface area contributed by atoms with E-state index in [2.05, 4.69) is 31.3 Å². The molecule has 0 aromatic rings. The number of allylic oxidation sites excluding steroid dienone is 3. The molecule has 330 valence electrons. The monoisotopic (exact) mass is 790 g/mol. The Morgan fingerprint density at radius 1 is 0.482 bits per heavy atom. The molecule has 0 heterocycles. The van der Waals surface area contributed by atoms with Gasteiger partial charge in [-0.3, -0.25) is 9.59 Å². The summed E-state index contributed by atoms with van der Waals surface area (Å²) in [5.74, 6) is -0.0778. The maximum absolute atomic E-state index is 12.4. The summed E-state index contributed by atoms with van der Waals surface area (Å²) in [5.41, 5.74) is 0. The third kappa shape index (κ3) is 42.0. The number of rotatable bonds is 45. The predicted octanol–water partition coefficient (Wildman–Crippen LogP) is 14.3. The van der Waals surface area contributed by atoms with E-state index in [-0.39, 0.29) is 18.5 Å². The molecule has 0 saturated carbocycles. The average molecular weight is 790 g/mol. The molecule has 6 nitrogen and oxygen atoms in total. The minimum Gasteiger partial charge on any atom is -0.466 e. The van der Waals surface area contributed by atoms with E-state index in [1.165, 1.54) is 186 Å². The van der Waals surface area contributed by atoms with Gasteiger partial charge in [0, 0.05) is 12.8 Å². The Balaban J connectivity index is 3.40. The van der Waals surface area contributed by atoms with E-state index in [0.29, 0.717) is 19.4 Å². The van der Waals surface area contributed by atoms with Crippen molar-refractivity contribution in [3.63, 3.8) is 0 Å². The first-order valence-electron chi connectivity index (χ1n) is 24.6. The van der Waals surface area contributed by atoms with Gasteiger partial charge in [0.25, 0.3) is 0 Å². The lowest BCUT2D eigenvalue weighted by Gasteiger charge is -2.20. The van der Waals surface area contributed by atoms with Crippen molar-refractivity contribution >= 4 is 11.9 Å². The molecule has 2 unspecified atom stereocenters. The summed E-state index contributed by atoms with van der Waals surface area (Å²) >= 11 is 0. The van der Waals surface area contributed by atoms with Gasteiger partial charge in [0.05, 0.1) is 25.4 Å². The molecule has 0 radical (unpaired) electrons. The first-order valence-corrected chi connectivity index (χ1v) is 24.6. The van der Waals surface area contributed by atoms with Crippen molar-refractivity contribution < 1.29 is 24.5 Å². The first-order chi connectivity index (χ1) is 27.5. The SMILES string of the molecule is CCCC/C=C\CCCCCCCC(=O)OCCCCCCCCCCCCCCCCCCCCCC(=O)NC(CO)C(O)/C=C/CCCCCCCCC. The summed E-state index contributed by atoms with van der Waals surface area (Å²) in [5, 5.41) is 22.9. The van der Waals surface area contributed by atoms with Crippen molar-refractivity contribution in [2.45, 2.75) is 270 Å². The molecular formula is C50H95NO5. The number of esters is 1. The highest BCUT2D eigenvalue weighted by atomic mass is 16.5. The van der Waals surface area contributed by atoms with Crippen LogP contribution in [0.15, 0.2) is 24.3 Å². The van der Waals surface area contributed by atoms with Gasteiger partial charge in [-0.1, -0.05) is 218 Å². The smallest absolute Gasteiger partial charge is 0.305 e. The van der Waals surface area contributed by atoms with E-state index in [4.69, 9.17) is 4.74 Å². The Morgan fingerprint density at radius 2 is 0.857 bits per heavy atom. The number of amides is 1. The number of hydrogen-bond donors (Lipinski definition) is 3. The van der Waals surface area contributed by atoms with Crippen molar-refractivity contribution in [1.82, 2.24) is 5.32 Å². The average Bonchev–Trinajstić information content (AvgIpc) is 3.20. The standard InChI is InChI=1S/C50H95NO5/c1-3-5-7-9-11-13-23-28-32-36-40-44-50(55)56-45-41-37-33-29-25-22-20-18-16-14-15-17-19-21-24-27-31-35-39-43-49(54)51-47(46-52)48(53)42-38-34-30-26-12-10-8-6-4-2/h9,11,38,42,47-48,52-53H,3-8,10,12-37,39-41,43-46H2,1-2H3,(H,51,54)/b11-9-,42-38+. The predicted molar refractivity (Wildman–Crippen MR) is 241 cm³/mol. The van der Waals surface area contributed by atoms with E-state index in [0.717, 1.165) is 44.9 Å².